The van der Waals surface area contributed by atoms with Gasteiger partial charge in [0.2, 0.25) is 0 Å². The van der Waals surface area contributed by atoms with Crippen LogP contribution in [0.5, 0.6) is 0 Å². The number of benzene rings is 2. The van der Waals surface area contributed by atoms with Crippen LogP contribution in [0, 0.1) is 0 Å². The quantitative estimate of drug-likeness (QED) is 0.796. The normalized spacial score (nSPS) is 12.3. The maximum absolute atomic E-state index is 12.5. The summed E-state index contributed by atoms with van der Waals surface area (Å²) in [6.07, 6.45) is -5.87. The molecule has 0 aliphatic heterocycles. The van der Waals surface area contributed by atoms with Crippen LogP contribution in [0.25, 0.3) is 0 Å². The number of nitrogens with one attached hydrogen (secondary N) is 2. The number of carbonyl (C=O) groups excluding carboxylic acids is 1. The lowest BCUT2D eigenvalue weighted by atomic mass is 10.1. The zero-order valence-electron chi connectivity index (χ0n) is 12.2. The van der Waals surface area contributed by atoms with Crippen molar-refractivity contribution >= 4 is 17.7 Å². The van der Waals surface area contributed by atoms with Gasteiger partial charge < -0.3 is 15.7 Å². The van der Waals surface area contributed by atoms with Gasteiger partial charge in [-0.15, -0.1) is 0 Å². The zero-order chi connectivity index (χ0) is 17.7. The molecular weight excluding hydrogens is 325 g/mol. The van der Waals surface area contributed by atoms with Gasteiger partial charge in [-0.25, -0.2) is 4.79 Å². The minimum Gasteiger partial charge on any atom is -0.465 e. The molecule has 2 aromatic rings. The lowest BCUT2D eigenvalue weighted by molar-refractivity contribution is -0.137. The Morgan fingerprint density at radius 2 is 1.54 bits per heavy atom. The number of carboxylic acid groups (broad SMARTS) is 1. The molecule has 126 valence electrons. The fourth-order valence-corrected chi connectivity index (χ4v) is 2.03. The van der Waals surface area contributed by atoms with E-state index in [-0.39, 0.29) is 5.69 Å². The number of rotatable bonds is 4. The number of hydrogen-bond donors (Lipinski definition) is 3. The molecule has 0 radical (unpaired) electrons. The summed E-state index contributed by atoms with van der Waals surface area (Å²) in [6, 6.07) is 10.8. The third-order valence-corrected chi connectivity index (χ3v) is 3.14. The van der Waals surface area contributed by atoms with Crippen LogP contribution in [0.3, 0.4) is 0 Å². The largest absolute Gasteiger partial charge is 0.465 e. The highest BCUT2D eigenvalue weighted by atomic mass is 19.4. The van der Waals surface area contributed by atoms with E-state index in [1.54, 1.807) is 30.3 Å². The fraction of sp³-hybridized carbons (Fsp3) is 0.125. The van der Waals surface area contributed by atoms with E-state index in [2.05, 4.69) is 10.6 Å². The number of amides is 2. The monoisotopic (exact) mass is 338 g/mol. The highest BCUT2D eigenvalue weighted by molar-refractivity contribution is 5.97. The summed E-state index contributed by atoms with van der Waals surface area (Å²) in [5.41, 5.74) is -0.311. The first-order chi connectivity index (χ1) is 11.3. The van der Waals surface area contributed by atoms with E-state index in [1.165, 1.54) is 0 Å². The van der Waals surface area contributed by atoms with Crippen LogP contribution < -0.4 is 10.6 Å². The Bertz CT molecular complexity index is 716. The molecule has 0 saturated carbocycles. The van der Waals surface area contributed by atoms with Crippen molar-refractivity contribution in [3.8, 4) is 0 Å². The average molecular weight is 338 g/mol. The molecule has 0 saturated heterocycles. The van der Waals surface area contributed by atoms with Gasteiger partial charge in [0.15, 0.2) is 0 Å². The fourth-order valence-electron chi connectivity index (χ4n) is 2.03. The first-order valence-corrected chi connectivity index (χ1v) is 6.80. The van der Waals surface area contributed by atoms with Crippen molar-refractivity contribution in [2.24, 2.45) is 0 Å². The maximum Gasteiger partial charge on any atom is 0.416 e. The summed E-state index contributed by atoms with van der Waals surface area (Å²) in [4.78, 5) is 23.2. The second kappa shape index (κ2) is 7.03. The molecule has 24 heavy (non-hydrogen) atoms. The third-order valence-electron chi connectivity index (χ3n) is 3.14. The molecule has 8 heteroatoms. The summed E-state index contributed by atoms with van der Waals surface area (Å²) in [5, 5.41) is 13.3. The van der Waals surface area contributed by atoms with Gasteiger partial charge in [-0.2, -0.15) is 13.2 Å². The molecule has 5 nitrogen and oxygen atoms in total. The summed E-state index contributed by atoms with van der Waals surface area (Å²) in [6.45, 7) is 0. The Hall–Kier alpha value is -3.03. The predicted molar refractivity (Wildman–Crippen MR) is 80.4 cm³/mol. The van der Waals surface area contributed by atoms with E-state index in [0.717, 1.165) is 24.3 Å². The van der Waals surface area contributed by atoms with E-state index >= 15 is 0 Å². The summed E-state index contributed by atoms with van der Waals surface area (Å²) in [5.74, 6) is -0.705. The second-order valence-electron chi connectivity index (χ2n) is 4.86. The van der Waals surface area contributed by atoms with Crippen molar-refractivity contribution in [2.45, 2.75) is 12.2 Å². The van der Waals surface area contributed by atoms with Crippen LogP contribution in [0.1, 0.15) is 17.2 Å². The summed E-state index contributed by atoms with van der Waals surface area (Å²) >= 11 is 0. The highest BCUT2D eigenvalue weighted by Gasteiger charge is 2.30. The lowest BCUT2D eigenvalue weighted by Crippen LogP contribution is -2.36. The van der Waals surface area contributed by atoms with Gasteiger partial charge in [-0.05, 0) is 29.8 Å². The molecule has 2 aromatic carbocycles. The van der Waals surface area contributed by atoms with Crippen molar-refractivity contribution in [3.05, 3.63) is 65.7 Å². The van der Waals surface area contributed by atoms with Gasteiger partial charge in [0.25, 0.3) is 5.91 Å². The molecule has 0 aliphatic rings. The molecule has 0 heterocycles. The van der Waals surface area contributed by atoms with Gasteiger partial charge in [-0.1, -0.05) is 30.3 Å². The minimum atomic E-state index is -4.47. The summed E-state index contributed by atoms with van der Waals surface area (Å²) in [7, 11) is 0. The Balaban J connectivity index is 2.17. The van der Waals surface area contributed by atoms with E-state index in [9.17, 15) is 22.8 Å². The number of anilines is 1. The molecule has 2 amide bonds. The van der Waals surface area contributed by atoms with Crippen LogP contribution in [0.4, 0.5) is 23.7 Å². The Morgan fingerprint density at radius 3 is 2.04 bits per heavy atom. The molecule has 1 unspecified atom stereocenters. The number of halogens is 3. The number of alkyl halides is 3. The Morgan fingerprint density at radius 1 is 0.958 bits per heavy atom. The van der Waals surface area contributed by atoms with Crippen molar-refractivity contribution in [1.82, 2.24) is 5.32 Å². The number of carbonyl (C=O) groups is 2. The summed E-state index contributed by atoms with van der Waals surface area (Å²) < 4.78 is 37.5. The molecule has 3 N–H and O–H groups in total. The highest BCUT2D eigenvalue weighted by Crippen LogP contribution is 2.30. The number of hydrogen-bond acceptors (Lipinski definition) is 2. The van der Waals surface area contributed by atoms with E-state index in [1.807, 2.05) is 0 Å². The Kier molecular flexibility index (Phi) is 5.08. The van der Waals surface area contributed by atoms with E-state index in [0.29, 0.717) is 5.56 Å². The molecular formula is C16H13F3N2O3. The standard InChI is InChI=1S/C16H13F3N2O3/c17-16(18,19)11-6-8-12(9-7-11)20-14(22)13(21-15(23)24)10-4-2-1-3-5-10/h1-9,13,21H,(H,20,22)(H,23,24). The second-order valence-corrected chi connectivity index (χ2v) is 4.86. The molecule has 0 bridgehead atoms. The minimum absolute atomic E-state index is 0.126. The maximum atomic E-state index is 12.5. The van der Waals surface area contributed by atoms with Gasteiger partial charge >= 0.3 is 12.3 Å². The van der Waals surface area contributed by atoms with Crippen LogP contribution in [0.2, 0.25) is 0 Å². The van der Waals surface area contributed by atoms with Crippen molar-refractivity contribution in [1.29, 1.82) is 0 Å². The van der Waals surface area contributed by atoms with Crippen LogP contribution in [-0.4, -0.2) is 17.1 Å². The SMILES string of the molecule is O=C(O)NC(C(=O)Nc1ccc(C(F)(F)F)cc1)c1ccccc1. The van der Waals surface area contributed by atoms with Crippen molar-refractivity contribution < 1.29 is 27.9 Å². The van der Waals surface area contributed by atoms with Crippen LogP contribution >= 0.6 is 0 Å². The lowest BCUT2D eigenvalue weighted by Gasteiger charge is -2.17. The van der Waals surface area contributed by atoms with Gasteiger partial charge in [0.05, 0.1) is 5.56 Å². The first-order valence-electron chi connectivity index (χ1n) is 6.80. The van der Waals surface area contributed by atoms with Crippen molar-refractivity contribution in [3.63, 3.8) is 0 Å². The van der Waals surface area contributed by atoms with Gasteiger partial charge in [-0.3, -0.25) is 4.79 Å². The predicted octanol–water partition coefficient (Wildman–Crippen LogP) is 3.65. The van der Waals surface area contributed by atoms with E-state index < -0.39 is 29.8 Å². The van der Waals surface area contributed by atoms with Crippen LogP contribution in [-0.2, 0) is 11.0 Å². The molecule has 0 aromatic heterocycles. The smallest absolute Gasteiger partial charge is 0.416 e. The van der Waals surface area contributed by atoms with Gasteiger partial charge in [0, 0.05) is 5.69 Å². The molecule has 0 aliphatic carbocycles. The van der Waals surface area contributed by atoms with Crippen molar-refractivity contribution in [2.75, 3.05) is 5.32 Å². The first kappa shape index (κ1) is 17.3. The topological polar surface area (TPSA) is 78.4 Å². The van der Waals surface area contributed by atoms with Crippen LogP contribution in [0.15, 0.2) is 54.6 Å². The molecule has 0 fully saturated rings. The molecule has 0 spiro atoms. The third kappa shape index (κ3) is 4.48. The molecule has 2 rings (SSSR count). The Labute approximate surface area is 135 Å². The average Bonchev–Trinajstić information content (AvgIpc) is 2.53. The van der Waals surface area contributed by atoms with Gasteiger partial charge in [0.1, 0.15) is 6.04 Å². The zero-order valence-corrected chi connectivity index (χ0v) is 12.2. The van der Waals surface area contributed by atoms with E-state index in [4.69, 9.17) is 5.11 Å². The molecule has 1 atom stereocenters.